The molecule has 124 valence electrons. The Kier molecular flexibility index (Phi) is 4.03. The van der Waals surface area contributed by atoms with Gasteiger partial charge in [0.05, 0.1) is 17.7 Å². The minimum Gasteiger partial charge on any atom is -0.496 e. The maximum absolute atomic E-state index is 12.1. The maximum Gasteiger partial charge on any atom is 0.301 e. The molecule has 3 rings (SSSR count). The van der Waals surface area contributed by atoms with Gasteiger partial charge < -0.3 is 4.74 Å². The molecule has 0 atom stereocenters. The smallest absolute Gasteiger partial charge is 0.301 e. The Morgan fingerprint density at radius 2 is 1.96 bits per heavy atom. The topological polar surface area (TPSA) is 122 Å². The summed E-state index contributed by atoms with van der Waals surface area (Å²) in [5.41, 5.74) is 0.246. The van der Waals surface area contributed by atoms with Crippen LogP contribution in [0.5, 0.6) is 5.75 Å². The van der Waals surface area contributed by atoms with Gasteiger partial charge in [-0.2, -0.15) is 4.99 Å². The molecule has 0 spiro atoms. The first-order valence-corrected chi connectivity index (χ1v) is 8.37. The molecule has 11 heteroatoms. The van der Waals surface area contributed by atoms with Crippen molar-refractivity contribution >= 4 is 51.3 Å². The van der Waals surface area contributed by atoms with E-state index >= 15 is 0 Å². The number of carbonyl (C=O) groups is 1. The number of hydrogen-bond acceptors (Lipinski definition) is 7. The van der Waals surface area contributed by atoms with Crippen molar-refractivity contribution < 1.29 is 17.9 Å². The lowest BCUT2D eigenvalue weighted by atomic mass is 10.2. The van der Waals surface area contributed by atoms with Gasteiger partial charge in [0.25, 0.3) is 0 Å². The molecule has 1 N–H and O–H groups in total. The molecule has 0 saturated carbocycles. The molecule has 24 heavy (non-hydrogen) atoms. The highest BCUT2D eigenvalue weighted by Gasteiger charge is 2.29. The molecule has 0 unspecified atom stereocenters. The number of nitrogens with one attached hydrogen (secondary N) is 1. The van der Waals surface area contributed by atoms with Crippen LogP contribution in [0.4, 0.5) is 0 Å². The summed E-state index contributed by atoms with van der Waals surface area (Å²) < 4.78 is 31.6. The summed E-state index contributed by atoms with van der Waals surface area (Å²) in [7, 11) is -1.15. The molecule has 0 fully saturated rings. The van der Waals surface area contributed by atoms with E-state index < -0.39 is 15.9 Å². The van der Waals surface area contributed by atoms with E-state index in [2.05, 4.69) is 24.7 Å². The van der Waals surface area contributed by atoms with Crippen LogP contribution < -0.4 is 9.46 Å². The predicted octanol–water partition coefficient (Wildman–Crippen LogP) is 0.425. The standard InChI is InChI=1S/C13H10ClN5O4S/c1-15-24(21,22)9-3-6(8(23-2)4-7(9)14)11-18-10-12(19-11)16-5-17-13(10)20/h3-5,15H,1-2H3. The van der Waals surface area contributed by atoms with Gasteiger partial charge in [0.1, 0.15) is 17.0 Å². The minimum atomic E-state index is -3.81. The molecule has 1 aromatic carbocycles. The molecule has 2 aliphatic heterocycles. The Balaban J connectivity index is 2.19. The number of nitrogens with zero attached hydrogens (tertiary/aromatic N) is 4. The quantitative estimate of drug-likeness (QED) is 0.828. The van der Waals surface area contributed by atoms with Crippen LogP contribution in [-0.2, 0) is 14.8 Å². The van der Waals surface area contributed by atoms with Crippen molar-refractivity contribution in [1.82, 2.24) is 4.72 Å². The summed E-state index contributed by atoms with van der Waals surface area (Å²) in [5.74, 6) is -0.121. The Labute approximate surface area is 141 Å². The van der Waals surface area contributed by atoms with Gasteiger partial charge in [-0.05, 0) is 13.1 Å². The van der Waals surface area contributed by atoms with Gasteiger partial charge in [-0.15, -0.1) is 0 Å². The van der Waals surface area contributed by atoms with Gasteiger partial charge in [0.2, 0.25) is 10.0 Å². The number of amides is 1. The van der Waals surface area contributed by atoms with E-state index in [9.17, 15) is 13.2 Å². The van der Waals surface area contributed by atoms with Crippen LogP contribution in [-0.4, -0.2) is 52.2 Å². The molecule has 9 nitrogen and oxygen atoms in total. The summed E-state index contributed by atoms with van der Waals surface area (Å²) in [6.07, 6.45) is 1.08. The van der Waals surface area contributed by atoms with Crippen LogP contribution in [0.1, 0.15) is 5.56 Å². The van der Waals surface area contributed by atoms with Gasteiger partial charge in [0.15, 0.2) is 17.4 Å². The lowest BCUT2D eigenvalue weighted by Crippen LogP contribution is -2.21. The average Bonchev–Trinajstić information content (AvgIpc) is 2.99. The first-order chi connectivity index (χ1) is 11.4. The number of rotatable bonds is 4. The lowest BCUT2D eigenvalue weighted by Gasteiger charge is -2.11. The summed E-state index contributed by atoms with van der Waals surface area (Å²) in [6.45, 7) is 0. The Morgan fingerprint density at radius 1 is 1.21 bits per heavy atom. The highest BCUT2D eigenvalue weighted by Crippen LogP contribution is 2.31. The van der Waals surface area contributed by atoms with Crippen LogP contribution in [0, 0.1) is 0 Å². The fourth-order valence-corrected chi connectivity index (χ4v) is 3.35. The Bertz CT molecular complexity index is 978. The second-order valence-corrected chi connectivity index (χ2v) is 6.85. The molecule has 1 aromatic rings. The molecule has 0 aromatic heterocycles. The molecular formula is C13H10ClN5O4S. The van der Waals surface area contributed by atoms with Crippen molar-refractivity contribution in [3.05, 3.63) is 22.7 Å². The zero-order valence-electron chi connectivity index (χ0n) is 12.4. The average molecular weight is 368 g/mol. The van der Waals surface area contributed by atoms with Crippen LogP contribution >= 0.6 is 11.6 Å². The number of ether oxygens (including phenoxy) is 1. The summed E-state index contributed by atoms with van der Waals surface area (Å²) in [5, 5.41) is -0.0228. The number of benzene rings is 1. The van der Waals surface area contributed by atoms with Crippen molar-refractivity contribution in [1.29, 1.82) is 0 Å². The number of fused-ring (bicyclic) bond motifs is 1. The normalized spacial score (nSPS) is 16.5. The number of amidine groups is 2. The largest absolute Gasteiger partial charge is 0.496 e. The molecule has 0 aliphatic carbocycles. The molecule has 0 bridgehead atoms. The van der Waals surface area contributed by atoms with Crippen molar-refractivity contribution in [2.24, 2.45) is 20.0 Å². The van der Waals surface area contributed by atoms with Crippen molar-refractivity contribution in [2.75, 3.05) is 14.2 Å². The highest BCUT2D eigenvalue weighted by atomic mass is 35.5. The Morgan fingerprint density at radius 3 is 2.58 bits per heavy atom. The van der Waals surface area contributed by atoms with Gasteiger partial charge in [-0.1, -0.05) is 11.6 Å². The zero-order chi connectivity index (χ0) is 17.5. The second-order valence-electron chi connectivity index (χ2n) is 4.59. The second kappa shape index (κ2) is 5.89. The molecule has 0 radical (unpaired) electrons. The number of hydrogen-bond donors (Lipinski definition) is 1. The monoisotopic (exact) mass is 367 g/mol. The summed E-state index contributed by atoms with van der Waals surface area (Å²) in [6, 6.07) is 2.62. The number of carbonyl (C=O) groups excluding carboxylic acids is 1. The third-order valence-corrected chi connectivity index (χ3v) is 5.13. The maximum atomic E-state index is 12.1. The van der Waals surface area contributed by atoms with E-state index in [1.165, 1.54) is 26.3 Å². The van der Waals surface area contributed by atoms with Crippen LogP contribution in [0.15, 0.2) is 37.0 Å². The van der Waals surface area contributed by atoms with Gasteiger partial charge in [-0.25, -0.2) is 28.1 Å². The molecule has 2 heterocycles. The van der Waals surface area contributed by atoms with E-state index in [4.69, 9.17) is 16.3 Å². The highest BCUT2D eigenvalue weighted by molar-refractivity contribution is 7.89. The number of halogens is 1. The fraction of sp³-hybridized carbons (Fsp3) is 0.154. The predicted molar refractivity (Wildman–Crippen MR) is 89.2 cm³/mol. The fourth-order valence-electron chi connectivity index (χ4n) is 2.08. The van der Waals surface area contributed by atoms with Crippen molar-refractivity contribution in [2.45, 2.75) is 4.90 Å². The Hall–Kier alpha value is -2.43. The van der Waals surface area contributed by atoms with Gasteiger partial charge >= 0.3 is 5.91 Å². The third-order valence-electron chi connectivity index (χ3n) is 3.25. The number of sulfonamides is 1. The van der Waals surface area contributed by atoms with E-state index in [1.54, 1.807) is 0 Å². The van der Waals surface area contributed by atoms with E-state index in [1.807, 2.05) is 0 Å². The molecule has 0 saturated heterocycles. The number of aliphatic imine (C=N–C) groups is 4. The van der Waals surface area contributed by atoms with E-state index in [0.717, 1.165) is 6.34 Å². The van der Waals surface area contributed by atoms with Crippen LogP contribution in [0.3, 0.4) is 0 Å². The van der Waals surface area contributed by atoms with Crippen molar-refractivity contribution in [3.63, 3.8) is 0 Å². The first kappa shape index (κ1) is 16.4. The molecule has 1 amide bonds. The van der Waals surface area contributed by atoms with Gasteiger partial charge in [0, 0.05) is 6.07 Å². The van der Waals surface area contributed by atoms with E-state index in [-0.39, 0.29) is 38.6 Å². The number of methoxy groups -OCH3 is 1. The van der Waals surface area contributed by atoms with Crippen LogP contribution in [0.2, 0.25) is 5.02 Å². The van der Waals surface area contributed by atoms with Crippen LogP contribution in [0.25, 0.3) is 0 Å². The van der Waals surface area contributed by atoms with Gasteiger partial charge in [-0.3, -0.25) is 4.79 Å². The molecule has 2 aliphatic rings. The first-order valence-electron chi connectivity index (χ1n) is 6.51. The van der Waals surface area contributed by atoms with Crippen molar-refractivity contribution in [3.8, 4) is 5.75 Å². The lowest BCUT2D eigenvalue weighted by molar-refractivity contribution is -0.111. The van der Waals surface area contributed by atoms with E-state index in [0.29, 0.717) is 0 Å². The minimum absolute atomic E-state index is 0.0115. The summed E-state index contributed by atoms with van der Waals surface area (Å²) >= 11 is 6.02. The zero-order valence-corrected chi connectivity index (χ0v) is 14.0. The SMILES string of the molecule is CNS(=O)(=O)c1cc(C2=NC3=NC=NC(=O)C3=N2)c(OC)cc1Cl. The third kappa shape index (κ3) is 2.64. The summed E-state index contributed by atoms with van der Waals surface area (Å²) in [4.78, 5) is 27.1. The molecular weight excluding hydrogens is 358 g/mol.